The molecule has 2 aliphatic heterocycles. The Morgan fingerprint density at radius 3 is 2.26 bits per heavy atom. The summed E-state index contributed by atoms with van der Waals surface area (Å²) >= 11 is 1.22. The number of esters is 1. The van der Waals surface area contributed by atoms with Gasteiger partial charge in [0.25, 0.3) is 0 Å². The molecule has 0 aliphatic carbocycles. The molecule has 0 saturated carbocycles. The van der Waals surface area contributed by atoms with Crippen LogP contribution >= 0.6 is 11.3 Å². The van der Waals surface area contributed by atoms with Crippen molar-refractivity contribution in [2.45, 2.75) is 32.0 Å². The number of thiophene rings is 1. The number of hydrogen-bond donors (Lipinski definition) is 2. The van der Waals surface area contributed by atoms with Gasteiger partial charge in [0.05, 0.1) is 30.7 Å². The van der Waals surface area contributed by atoms with Crippen molar-refractivity contribution in [3.63, 3.8) is 0 Å². The number of benzene rings is 2. The van der Waals surface area contributed by atoms with Crippen LogP contribution in [0.3, 0.4) is 0 Å². The lowest BCUT2D eigenvalue weighted by molar-refractivity contribution is -0.147. The first-order valence-corrected chi connectivity index (χ1v) is 12.5. The molecule has 180 valence electrons. The molecule has 3 heterocycles. The van der Waals surface area contributed by atoms with E-state index >= 15 is 0 Å². The van der Waals surface area contributed by atoms with Gasteiger partial charge in [-0.2, -0.15) is 0 Å². The number of rotatable bonds is 7. The smallest absolute Gasteiger partial charge is 0.341 e. The first kappa shape index (κ1) is 23.3. The van der Waals surface area contributed by atoms with E-state index < -0.39 is 41.9 Å². The predicted octanol–water partition coefficient (Wildman–Crippen LogP) is 5.08. The molecule has 2 aromatic carbocycles. The number of carboxylic acids is 1. The summed E-state index contributed by atoms with van der Waals surface area (Å²) in [5.41, 5.74) is 3.88. The average Bonchev–Trinajstić information content (AvgIpc) is 3.59. The van der Waals surface area contributed by atoms with Crippen LogP contribution in [0.5, 0.6) is 0 Å². The largest absolute Gasteiger partial charge is 0.481 e. The summed E-state index contributed by atoms with van der Waals surface area (Å²) in [6.45, 7) is 1.91. The molecular weight excluding hydrogens is 466 g/mol. The highest BCUT2D eigenvalue weighted by atomic mass is 32.1. The van der Waals surface area contributed by atoms with Crippen molar-refractivity contribution in [3.05, 3.63) is 65.5 Å². The van der Waals surface area contributed by atoms with Crippen molar-refractivity contribution in [3.8, 4) is 22.3 Å². The van der Waals surface area contributed by atoms with Crippen molar-refractivity contribution in [1.82, 2.24) is 0 Å². The number of nitrogens with one attached hydrogen (secondary N) is 1. The molecule has 0 unspecified atom stereocenters. The van der Waals surface area contributed by atoms with Gasteiger partial charge < -0.3 is 19.9 Å². The zero-order valence-corrected chi connectivity index (χ0v) is 19.9. The lowest BCUT2D eigenvalue weighted by Crippen LogP contribution is -2.41. The number of carbonyl (C=O) groups is 3. The Bertz CT molecular complexity index is 1250. The number of carbonyl (C=O) groups excluding carboxylic acids is 2. The molecule has 4 atom stereocenters. The number of ether oxygens (including phenoxy) is 2. The minimum atomic E-state index is -1.03. The van der Waals surface area contributed by atoms with Crippen LogP contribution in [0.25, 0.3) is 22.3 Å². The first-order chi connectivity index (χ1) is 17.0. The van der Waals surface area contributed by atoms with Gasteiger partial charge in [-0.1, -0.05) is 54.6 Å². The van der Waals surface area contributed by atoms with Crippen LogP contribution < -0.4 is 5.32 Å². The van der Waals surface area contributed by atoms with E-state index in [1.807, 2.05) is 60.0 Å². The monoisotopic (exact) mass is 491 g/mol. The molecule has 2 aliphatic rings. The van der Waals surface area contributed by atoms with Gasteiger partial charge >= 0.3 is 11.9 Å². The predicted molar refractivity (Wildman–Crippen MR) is 132 cm³/mol. The van der Waals surface area contributed by atoms with E-state index in [9.17, 15) is 19.5 Å². The molecule has 8 heteroatoms. The number of hydrogen-bond acceptors (Lipinski definition) is 6. The summed E-state index contributed by atoms with van der Waals surface area (Å²) in [6.07, 6.45) is 0.430. The highest BCUT2D eigenvalue weighted by molar-refractivity contribution is 7.15. The van der Waals surface area contributed by atoms with Gasteiger partial charge in [-0.3, -0.25) is 9.59 Å². The molecule has 2 N–H and O–H groups in total. The topological polar surface area (TPSA) is 102 Å². The third-order valence-corrected chi connectivity index (χ3v) is 7.57. The van der Waals surface area contributed by atoms with Gasteiger partial charge in [0, 0.05) is 10.9 Å². The molecule has 2 saturated heterocycles. The maximum atomic E-state index is 13.2. The second-order valence-corrected chi connectivity index (χ2v) is 9.57. The van der Waals surface area contributed by atoms with Crippen molar-refractivity contribution in [2.75, 3.05) is 11.9 Å². The number of aliphatic carboxylic acids is 1. The maximum Gasteiger partial charge on any atom is 0.341 e. The molecule has 2 bridgehead atoms. The van der Waals surface area contributed by atoms with Crippen molar-refractivity contribution in [2.24, 2.45) is 11.8 Å². The van der Waals surface area contributed by atoms with E-state index in [2.05, 4.69) is 5.32 Å². The van der Waals surface area contributed by atoms with Crippen molar-refractivity contribution >= 4 is 34.2 Å². The lowest BCUT2D eigenvalue weighted by atomic mass is 9.79. The van der Waals surface area contributed by atoms with E-state index in [1.165, 1.54) is 11.3 Å². The van der Waals surface area contributed by atoms with Crippen LogP contribution in [-0.4, -0.2) is 41.8 Å². The maximum absolute atomic E-state index is 13.2. The first-order valence-electron chi connectivity index (χ1n) is 11.6. The molecule has 0 radical (unpaired) electrons. The minimum absolute atomic E-state index is 0.190. The Morgan fingerprint density at radius 1 is 0.971 bits per heavy atom. The fourth-order valence-corrected chi connectivity index (χ4v) is 6.02. The second-order valence-electron chi connectivity index (χ2n) is 8.69. The van der Waals surface area contributed by atoms with Crippen LogP contribution in [0.2, 0.25) is 0 Å². The van der Waals surface area contributed by atoms with Gasteiger partial charge in [-0.15, -0.1) is 11.3 Å². The quantitative estimate of drug-likeness (QED) is 0.447. The molecular formula is C27H25NO6S. The Labute approximate surface area is 206 Å². The summed E-state index contributed by atoms with van der Waals surface area (Å²) in [4.78, 5) is 37.9. The summed E-state index contributed by atoms with van der Waals surface area (Å²) < 4.78 is 11.0. The Balaban J connectivity index is 1.44. The summed E-state index contributed by atoms with van der Waals surface area (Å²) in [7, 11) is 0. The van der Waals surface area contributed by atoms with Crippen LogP contribution in [0.15, 0.2) is 60.0 Å². The van der Waals surface area contributed by atoms with Gasteiger partial charge in [-0.05, 0) is 36.5 Å². The normalized spacial score (nSPS) is 22.7. The van der Waals surface area contributed by atoms with E-state index in [1.54, 1.807) is 6.92 Å². The van der Waals surface area contributed by atoms with E-state index in [0.717, 1.165) is 16.7 Å². The van der Waals surface area contributed by atoms with Crippen LogP contribution in [0.1, 0.15) is 30.1 Å². The summed E-state index contributed by atoms with van der Waals surface area (Å²) in [5, 5.41) is 14.6. The highest BCUT2D eigenvalue weighted by Gasteiger charge is 2.55. The lowest BCUT2D eigenvalue weighted by Gasteiger charge is -2.23. The second kappa shape index (κ2) is 9.64. The Morgan fingerprint density at radius 2 is 1.60 bits per heavy atom. The SMILES string of the molecule is CCOC(=O)c1c(-c2ccc(-c3ccccc3)cc2)csc1NC(=O)[C@@H]1[C@H](C(=O)O)[C@H]2CC[C@H]1O2. The van der Waals surface area contributed by atoms with Crippen LogP contribution in [0, 0.1) is 11.8 Å². The van der Waals surface area contributed by atoms with E-state index in [4.69, 9.17) is 9.47 Å². The van der Waals surface area contributed by atoms with Crippen LogP contribution in [0.4, 0.5) is 5.00 Å². The van der Waals surface area contributed by atoms with E-state index in [-0.39, 0.29) is 12.2 Å². The molecule has 0 spiro atoms. The van der Waals surface area contributed by atoms with E-state index in [0.29, 0.717) is 23.4 Å². The fraction of sp³-hybridized carbons (Fsp3) is 0.296. The third-order valence-electron chi connectivity index (χ3n) is 6.67. The molecule has 1 amide bonds. The summed E-state index contributed by atoms with van der Waals surface area (Å²) in [6, 6.07) is 17.8. The van der Waals surface area contributed by atoms with Gasteiger partial charge in [-0.25, -0.2) is 4.79 Å². The zero-order valence-electron chi connectivity index (χ0n) is 19.1. The molecule has 35 heavy (non-hydrogen) atoms. The molecule has 5 rings (SSSR count). The Kier molecular flexibility index (Phi) is 6.40. The van der Waals surface area contributed by atoms with Crippen LogP contribution in [-0.2, 0) is 19.1 Å². The zero-order chi connectivity index (χ0) is 24.5. The standard InChI is InChI=1S/C27H25NO6S/c1-2-33-27(32)21-18(17-10-8-16(9-11-17)15-6-4-3-5-7-15)14-35-25(21)28-24(29)22-19-12-13-20(34-19)23(22)26(30)31/h3-11,14,19-20,22-23H,2,12-13H2,1H3,(H,28,29)(H,30,31)/t19-,20-,22+,23-/m1/s1. The molecule has 3 aromatic rings. The molecule has 2 fully saturated rings. The minimum Gasteiger partial charge on any atom is -0.481 e. The summed E-state index contributed by atoms with van der Waals surface area (Å²) in [5.74, 6) is -3.69. The van der Waals surface area contributed by atoms with Gasteiger partial charge in [0.15, 0.2) is 0 Å². The number of anilines is 1. The molecule has 1 aromatic heterocycles. The fourth-order valence-electron chi connectivity index (χ4n) is 5.06. The number of amides is 1. The van der Waals surface area contributed by atoms with Gasteiger partial charge in [0.1, 0.15) is 10.6 Å². The number of fused-ring (bicyclic) bond motifs is 2. The number of carboxylic acid groups (broad SMARTS) is 1. The third kappa shape index (κ3) is 4.35. The Hall–Kier alpha value is -3.49. The molecule has 7 nitrogen and oxygen atoms in total. The van der Waals surface area contributed by atoms with Crippen molar-refractivity contribution in [1.29, 1.82) is 0 Å². The van der Waals surface area contributed by atoms with Crippen molar-refractivity contribution < 1.29 is 29.0 Å². The highest BCUT2D eigenvalue weighted by Crippen LogP contribution is 2.45. The van der Waals surface area contributed by atoms with Gasteiger partial charge in [0.2, 0.25) is 5.91 Å². The average molecular weight is 492 g/mol.